The van der Waals surface area contributed by atoms with E-state index in [0.717, 1.165) is 19.6 Å². The van der Waals surface area contributed by atoms with Crippen LogP contribution in [0.25, 0.3) is 0 Å². The maximum absolute atomic E-state index is 3.43. The Morgan fingerprint density at radius 3 is 2.58 bits per heavy atom. The van der Waals surface area contributed by atoms with Gasteiger partial charge in [-0.2, -0.15) is 0 Å². The first kappa shape index (κ1) is 9.96. The summed E-state index contributed by atoms with van der Waals surface area (Å²) in [6, 6.07) is 0.618. The van der Waals surface area contributed by atoms with E-state index >= 15 is 0 Å². The lowest BCUT2D eigenvalue weighted by Crippen LogP contribution is -2.46. The lowest BCUT2D eigenvalue weighted by Gasteiger charge is -2.27. The normalized spacial score (nSPS) is 20.2. The summed E-state index contributed by atoms with van der Waals surface area (Å²) in [6.45, 7) is 11.4. The van der Waals surface area contributed by atoms with Crippen LogP contribution in [-0.4, -0.2) is 50.2 Å². The van der Waals surface area contributed by atoms with E-state index in [9.17, 15) is 0 Å². The van der Waals surface area contributed by atoms with Gasteiger partial charge in [-0.05, 0) is 0 Å². The van der Waals surface area contributed by atoms with E-state index in [-0.39, 0.29) is 0 Å². The Bertz CT molecular complexity index is 108. The molecule has 1 rings (SSSR count). The van der Waals surface area contributed by atoms with E-state index in [1.165, 1.54) is 19.6 Å². The van der Waals surface area contributed by atoms with Crippen LogP contribution in [0, 0.1) is 0 Å². The summed E-state index contributed by atoms with van der Waals surface area (Å²) in [5, 5.41) is 6.78. The molecule has 0 saturated carbocycles. The Kier molecular flexibility index (Phi) is 4.58. The molecule has 2 N–H and O–H groups in total. The molecule has 0 aromatic heterocycles. The molecule has 72 valence electrons. The average molecular weight is 171 g/mol. The molecule has 0 spiro atoms. The highest BCUT2D eigenvalue weighted by Gasteiger charge is 2.07. The fourth-order valence-corrected chi connectivity index (χ4v) is 1.45. The van der Waals surface area contributed by atoms with Crippen molar-refractivity contribution in [3.05, 3.63) is 0 Å². The topological polar surface area (TPSA) is 27.3 Å². The van der Waals surface area contributed by atoms with Crippen molar-refractivity contribution in [3.63, 3.8) is 0 Å². The Morgan fingerprint density at radius 1 is 1.33 bits per heavy atom. The van der Waals surface area contributed by atoms with Gasteiger partial charge in [-0.15, -0.1) is 0 Å². The summed E-state index contributed by atoms with van der Waals surface area (Å²) in [6.07, 6.45) is 0. The van der Waals surface area contributed by atoms with Gasteiger partial charge in [0, 0.05) is 45.3 Å². The Labute approximate surface area is 75.5 Å². The Hall–Kier alpha value is -0.120. The zero-order valence-corrected chi connectivity index (χ0v) is 8.27. The zero-order chi connectivity index (χ0) is 8.81. The van der Waals surface area contributed by atoms with Crippen molar-refractivity contribution in [2.45, 2.75) is 19.9 Å². The van der Waals surface area contributed by atoms with E-state index in [4.69, 9.17) is 0 Å². The van der Waals surface area contributed by atoms with E-state index < -0.39 is 0 Å². The monoisotopic (exact) mass is 171 g/mol. The Morgan fingerprint density at radius 2 is 2.00 bits per heavy atom. The Balaban J connectivity index is 1.98. The van der Waals surface area contributed by atoms with E-state index in [0.29, 0.717) is 6.04 Å². The molecule has 0 atom stereocenters. The summed E-state index contributed by atoms with van der Waals surface area (Å²) in [5.74, 6) is 0. The fourth-order valence-electron chi connectivity index (χ4n) is 1.45. The molecule has 0 amide bonds. The molecule has 1 aliphatic rings. The molecule has 0 bridgehead atoms. The van der Waals surface area contributed by atoms with Crippen molar-refractivity contribution in [1.29, 1.82) is 0 Å². The van der Waals surface area contributed by atoms with Gasteiger partial charge >= 0.3 is 0 Å². The summed E-state index contributed by atoms with van der Waals surface area (Å²) >= 11 is 0. The van der Waals surface area contributed by atoms with Crippen molar-refractivity contribution in [2.75, 3.05) is 39.3 Å². The lowest BCUT2D eigenvalue weighted by molar-refractivity contribution is 0.239. The van der Waals surface area contributed by atoms with Crippen LogP contribution in [0.4, 0.5) is 0 Å². The van der Waals surface area contributed by atoms with Crippen molar-refractivity contribution >= 4 is 0 Å². The molecule has 0 aromatic carbocycles. The maximum atomic E-state index is 3.43. The third-order valence-corrected chi connectivity index (χ3v) is 2.19. The van der Waals surface area contributed by atoms with E-state index in [1.54, 1.807) is 0 Å². The average Bonchev–Trinajstić information content (AvgIpc) is 2.05. The van der Waals surface area contributed by atoms with Gasteiger partial charge in [0.1, 0.15) is 0 Å². The number of piperazine rings is 1. The molecule has 12 heavy (non-hydrogen) atoms. The molecule has 1 heterocycles. The third-order valence-electron chi connectivity index (χ3n) is 2.19. The first-order chi connectivity index (χ1) is 5.79. The summed E-state index contributed by atoms with van der Waals surface area (Å²) < 4.78 is 0. The second-order valence-electron chi connectivity index (χ2n) is 3.70. The summed E-state index contributed by atoms with van der Waals surface area (Å²) in [7, 11) is 0. The highest BCUT2D eigenvalue weighted by atomic mass is 15.2. The fraction of sp³-hybridized carbons (Fsp3) is 1.00. The van der Waals surface area contributed by atoms with Gasteiger partial charge in [-0.1, -0.05) is 13.8 Å². The zero-order valence-electron chi connectivity index (χ0n) is 8.27. The highest BCUT2D eigenvalue weighted by Crippen LogP contribution is 1.90. The molecular formula is C9H21N3. The number of nitrogens with one attached hydrogen (secondary N) is 2. The van der Waals surface area contributed by atoms with Crippen molar-refractivity contribution < 1.29 is 0 Å². The van der Waals surface area contributed by atoms with Crippen LogP contribution in [0.1, 0.15) is 13.8 Å². The molecule has 0 aliphatic carbocycles. The molecule has 3 nitrogen and oxygen atoms in total. The number of hydrogen-bond acceptors (Lipinski definition) is 3. The predicted octanol–water partition coefficient (Wildman–Crippen LogP) is -0.110. The summed E-state index contributed by atoms with van der Waals surface area (Å²) in [4.78, 5) is 2.51. The number of hydrogen-bond donors (Lipinski definition) is 2. The van der Waals surface area contributed by atoms with Crippen LogP contribution in [0.15, 0.2) is 0 Å². The first-order valence-electron chi connectivity index (χ1n) is 4.95. The smallest absolute Gasteiger partial charge is 0.0108 e. The molecule has 1 aliphatic heterocycles. The minimum Gasteiger partial charge on any atom is -0.314 e. The highest BCUT2D eigenvalue weighted by molar-refractivity contribution is 4.68. The van der Waals surface area contributed by atoms with Crippen LogP contribution in [0.3, 0.4) is 0 Å². The van der Waals surface area contributed by atoms with Gasteiger partial charge in [0.05, 0.1) is 0 Å². The van der Waals surface area contributed by atoms with Crippen molar-refractivity contribution in [3.8, 4) is 0 Å². The second-order valence-corrected chi connectivity index (χ2v) is 3.70. The number of rotatable bonds is 4. The van der Waals surface area contributed by atoms with Crippen LogP contribution in [0.2, 0.25) is 0 Å². The van der Waals surface area contributed by atoms with Gasteiger partial charge in [0.2, 0.25) is 0 Å². The number of nitrogens with zero attached hydrogens (tertiary/aromatic N) is 1. The van der Waals surface area contributed by atoms with Crippen LogP contribution < -0.4 is 10.6 Å². The van der Waals surface area contributed by atoms with Crippen molar-refractivity contribution in [2.24, 2.45) is 0 Å². The molecule has 0 unspecified atom stereocenters. The molecule has 0 aromatic rings. The molecule has 1 fully saturated rings. The van der Waals surface area contributed by atoms with Gasteiger partial charge in [-0.3, -0.25) is 4.90 Å². The quantitative estimate of drug-likeness (QED) is 0.618. The molecular weight excluding hydrogens is 150 g/mol. The largest absolute Gasteiger partial charge is 0.314 e. The van der Waals surface area contributed by atoms with Crippen LogP contribution in [-0.2, 0) is 0 Å². The van der Waals surface area contributed by atoms with Gasteiger partial charge in [-0.25, -0.2) is 0 Å². The lowest BCUT2D eigenvalue weighted by atomic mass is 10.3. The SMILES string of the molecule is CC(C)NCCN1CCNCC1. The van der Waals surface area contributed by atoms with Crippen molar-refractivity contribution in [1.82, 2.24) is 15.5 Å². The second kappa shape index (κ2) is 5.51. The predicted molar refractivity (Wildman–Crippen MR) is 52.4 cm³/mol. The summed E-state index contributed by atoms with van der Waals surface area (Å²) in [5.41, 5.74) is 0. The standard InChI is InChI=1S/C9H21N3/c1-9(2)11-5-8-12-6-3-10-4-7-12/h9-11H,3-8H2,1-2H3. The van der Waals surface area contributed by atoms with Gasteiger partial charge in [0.25, 0.3) is 0 Å². The third kappa shape index (κ3) is 4.04. The van der Waals surface area contributed by atoms with Crippen LogP contribution >= 0.6 is 0 Å². The van der Waals surface area contributed by atoms with E-state index in [2.05, 4.69) is 29.4 Å². The van der Waals surface area contributed by atoms with E-state index in [1.807, 2.05) is 0 Å². The van der Waals surface area contributed by atoms with Gasteiger partial charge < -0.3 is 10.6 Å². The first-order valence-corrected chi connectivity index (χ1v) is 4.95. The minimum atomic E-state index is 0.618. The maximum Gasteiger partial charge on any atom is 0.0108 e. The minimum absolute atomic E-state index is 0.618. The molecule has 0 radical (unpaired) electrons. The van der Waals surface area contributed by atoms with Crippen LogP contribution in [0.5, 0.6) is 0 Å². The van der Waals surface area contributed by atoms with Gasteiger partial charge in [0.15, 0.2) is 0 Å². The molecule has 3 heteroatoms. The molecule has 1 saturated heterocycles.